The zero-order valence-electron chi connectivity index (χ0n) is 19.4. The second-order valence-electron chi connectivity index (χ2n) is 9.83. The summed E-state index contributed by atoms with van der Waals surface area (Å²) < 4.78 is 6.20. The number of rotatable bonds is 6. The van der Waals surface area contributed by atoms with Crippen molar-refractivity contribution in [1.82, 2.24) is 0 Å². The maximum absolute atomic E-state index is 11.1. The normalized spacial score (nSPS) is 17.2. The first-order chi connectivity index (χ1) is 14.6. The van der Waals surface area contributed by atoms with Gasteiger partial charge in [0.15, 0.2) is 0 Å². The standard InChI is InChI=1S/C28H34O3/c1-6-7-18-31-25(15-10-20-8-11-21(12-9-20)26(29)30)22-13-14-23-24(19-22)28(4,5)17-16-27(23,2)3/h8-9,11-14,19,25H,6-7,16-18H2,1-5H3,(H,29,30). The molecule has 3 nitrogen and oxygen atoms in total. The predicted octanol–water partition coefficient (Wildman–Crippen LogP) is 6.64. The molecule has 0 amide bonds. The van der Waals surface area contributed by atoms with Gasteiger partial charge >= 0.3 is 5.97 Å². The van der Waals surface area contributed by atoms with E-state index in [1.54, 1.807) is 24.3 Å². The van der Waals surface area contributed by atoms with Gasteiger partial charge in [-0.2, -0.15) is 0 Å². The van der Waals surface area contributed by atoms with Gasteiger partial charge in [0.1, 0.15) is 6.10 Å². The Morgan fingerprint density at radius 1 is 1.03 bits per heavy atom. The van der Waals surface area contributed by atoms with Crippen LogP contribution in [0.15, 0.2) is 42.5 Å². The fourth-order valence-electron chi connectivity index (χ4n) is 4.18. The molecule has 0 radical (unpaired) electrons. The Hall–Kier alpha value is -2.57. The van der Waals surface area contributed by atoms with Crippen molar-refractivity contribution in [1.29, 1.82) is 0 Å². The first kappa shape index (κ1) is 23.1. The van der Waals surface area contributed by atoms with Gasteiger partial charge in [0.25, 0.3) is 0 Å². The summed E-state index contributed by atoms with van der Waals surface area (Å²) in [4.78, 5) is 11.1. The maximum Gasteiger partial charge on any atom is 0.335 e. The van der Waals surface area contributed by atoms with Crippen LogP contribution < -0.4 is 0 Å². The minimum absolute atomic E-state index is 0.134. The number of aromatic carboxylic acids is 1. The second kappa shape index (κ2) is 9.28. The van der Waals surface area contributed by atoms with Crippen molar-refractivity contribution in [2.45, 2.75) is 77.2 Å². The van der Waals surface area contributed by atoms with Crippen LogP contribution in [-0.4, -0.2) is 17.7 Å². The molecule has 1 aliphatic rings. The molecule has 3 rings (SSSR count). The third-order valence-corrected chi connectivity index (χ3v) is 6.44. The molecule has 1 unspecified atom stereocenters. The highest BCUT2D eigenvalue weighted by atomic mass is 16.5. The summed E-state index contributed by atoms with van der Waals surface area (Å²) in [6.45, 7) is 12.1. The minimum Gasteiger partial charge on any atom is -0.478 e. The van der Waals surface area contributed by atoms with E-state index in [0.717, 1.165) is 24.0 Å². The van der Waals surface area contributed by atoms with Crippen LogP contribution in [0.2, 0.25) is 0 Å². The third kappa shape index (κ3) is 5.38. The van der Waals surface area contributed by atoms with Crippen molar-refractivity contribution in [3.8, 4) is 11.8 Å². The number of ether oxygens (including phenoxy) is 1. The van der Waals surface area contributed by atoms with Crippen molar-refractivity contribution >= 4 is 5.97 Å². The molecule has 0 saturated carbocycles. The SMILES string of the molecule is CCCCOC(C#Cc1ccc(C(=O)O)cc1)c1ccc2c(c1)C(C)(C)CCC2(C)C. The number of fused-ring (bicyclic) bond motifs is 1. The highest BCUT2D eigenvalue weighted by Crippen LogP contribution is 2.46. The molecule has 164 valence electrons. The monoisotopic (exact) mass is 418 g/mol. The predicted molar refractivity (Wildman–Crippen MR) is 126 cm³/mol. The summed E-state index contributed by atoms with van der Waals surface area (Å²) in [5.74, 6) is 5.55. The summed E-state index contributed by atoms with van der Waals surface area (Å²) in [6.07, 6.45) is 4.11. The quantitative estimate of drug-likeness (QED) is 0.422. The van der Waals surface area contributed by atoms with Crippen LogP contribution in [-0.2, 0) is 15.6 Å². The van der Waals surface area contributed by atoms with Crippen LogP contribution in [0.1, 0.15) is 99.0 Å². The molecular formula is C28H34O3. The highest BCUT2D eigenvalue weighted by Gasteiger charge is 2.37. The number of carboxylic acids is 1. The van der Waals surface area contributed by atoms with E-state index < -0.39 is 5.97 Å². The Kier molecular flexibility index (Phi) is 6.92. The number of carboxylic acid groups (broad SMARTS) is 1. The number of carbonyl (C=O) groups is 1. The van der Waals surface area contributed by atoms with Gasteiger partial charge in [-0.25, -0.2) is 4.79 Å². The first-order valence-electron chi connectivity index (χ1n) is 11.3. The molecule has 2 aromatic carbocycles. The van der Waals surface area contributed by atoms with Gasteiger partial charge in [-0.15, -0.1) is 0 Å². The molecular weight excluding hydrogens is 384 g/mol. The van der Waals surface area contributed by atoms with Crippen LogP contribution in [0.25, 0.3) is 0 Å². The maximum atomic E-state index is 11.1. The van der Waals surface area contributed by atoms with Crippen LogP contribution in [0, 0.1) is 11.8 Å². The minimum atomic E-state index is -0.931. The van der Waals surface area contributed by atoms with Crippen LogP contribution in [0.3, 0.4) is 0 Å². The molecule has 1 N–H and O–H groups in total. The fourth-order valence-corrected chi connectivity index (χ4v) is 4.18. The molecule has 0 bridgehead atoms. The van der Waals surface area contributed by atoms with E-state index in [1.165, 1.54) is 24.0 Å². The largest absolute Gasteiger partial charge is 0.478 e. The van der Waals surface area contributed by atoms with Gasteiger partial charge < -0.3 is 9.84 Å². The summed E-state index contributed by atoms with van der Waals surface area (Å²) in [7, 11) is 0. The smallest absolute Gasteiger partial charge is 0.335 e. The Morgan fingerprint density at radius 3 is 2.29 bits per heavy atom. The van der Waals surface area contributed by atoms with E-state index in [0.29, 0.717) is 6.61 Å². The molecule has 31 heavy (non-hydrogen) atoms. The van der Waals surface area contributed by atoms with Crippen molar-refractivity contribution in [2.24, 2.45) is 0 Å². The van der Waals surface area contributed by atoms with E-state index in [1.807, 2.05) is 0 Å². The molecule has 3 heteroatoms. The molecule has 0 heterocycles. The van der Waals surface area contributed by atoms with E-state index in [4.69, 9.17) is 9.84 Å². The lowest BCUT2D eigenvalue weighted by molar-refractivity contribution is 0.0697. The van der Waals surface area contributed by atoms with Crippen LogP contribution >= 0.6 is 0 Å². The summed E-state index contributed by atoms with van der Waals surface area (Å²) in [5.41, 5.74) is 5.29. The molecule has 2 aromatic rings. The van der Waals surface area contributed by atoms with Gasteiger partial charge in [-0.3, -0.25) is 0 Å². The first-order valence-corrected chi connectivity index (χ1v) is 11.3. The van der Waals surface area contributed by atoms with Gasteiger partial charge in [-0.05, 0) is 71.0 Å². The van der Waals surface area contributed by atoms with E-state index >= 15 is 0 Å². The summed E-state index contributed by atoms with van der Waals surface area (Å²) >= 11 is 0. The van der Waals surface area contributed by atoms with Crippen molar-refractivity contribution < 1.29 is 14.6 Å². The van der Waals surface area contributed by atoms with Gasteiger partial charge in [-0.1, -0.05) is 71.1 Å². The third-order valence-electron chi connectivity index (χ3n) is 6.44. The van der Waals surface area contributed by atoms with Crippen molar-refractivity contribution in [3.63, 3.8) is 0 Å². The fraction of sp³-hybridized carbons (Fsp3) is 0.464. The lowest BCUT2D eigenvalue weighted by Gasteiger charge is -2.42. The lowest BCUT2D eigenvalue weighted by atomic mass is 9.63. The van der Waals surface area contributed by atoms with Crippen molar-refractivity contribution in [2.75, 3.05) is 6.61 Å². The zero-order valence-corrected chi connectivity index (χ0v) is 19.4. The van der Waals surface area contributed by atoms with Crippen molar-refractivity contribution in [3.05, 3.63) is 70.3 Å². The molecule has 0 aliphatic heterocycles. The molecule has 1 atom stereocenters. The van der Waals surface area contributed by atoms with E-state index in [2.05, 4.69) is 64.7 Å². The van der Waals surface area contributed by atoms with Crippen LogP contribution in [0.5, 0.6) is 0 Å². The number of benzene rings is 2. The van der Waals surface area contributed by atoms with E-state index in [9.17, 15) is 4.79 Å². The van der Waals surface area contributed by atoms with E-state index in [-0.39, 0.29) is 22.5 Å². The number of hydrogen-bond donors (Lipinski definition) is 1. The molecule has 0 saturated heterocycles. The van der Waals surface area contributed by atoms with Crippen LogP contribution in [0.4, 0.5) is 0 Å². The molecule has 0 spiro atoms. The Balaban J connectivity index is 1.95. The summed E-state index contributed by atoms with van der Waals surface area (Å²) in [6, 6.07) is 13.4. The topological polar surface area (TPSA) is 46.5 Å². The van der Waals surface area contributed by atoms with Gasteiger partial charge in [0.05, 0.1) is 5.56 Å². The second-order valence-corrected chi connectivity index (χ2v) is 9.83. The zero-order chi connectivity index (χ0) is 22.6. The Morgan fingerprint density at radius 2 is 1.68 bits per heavy atom. The lowest BCUT2D eigenvalue weighted by Crippen LogP contribution is -2.34. The highest BCUT2D eigenvalue weighted by molar-refractivity contribution is 5.87. The molecule has 1 aliphatic carbocycles. The average Bonchev–Trinajstić information content (AvgIpc) is 2.74. The average molecular weight is 419 g/mol. The number of unbranched alkanes of at least 4 members (excludes halogenated alkanes) is 1. The van der Waals surface area contributed by atoms with Gasteiger partial charge in [0, 0.05) is 12.2 Å². The van der Waals surface area contributed by atoms with Gasteiger partial charge in [0.2, 0.25) is 0 Å². The molecule has 0 fully saturated rings. The summed E-state index contributed by atoms with van der Waals surface area (Å²) in [5, 5.41) is 9.08. The number of hydrogen-bond acceptors (Lipinski definition) is 2. The molecule has 0 aromatic heterocycles. The Bertz CT molecular complexity index is 987. The Labute approximate surface area is 186 Å².